The molecule has 0 bridgehead atoms. The lowest BCUT2D eigenvalue weighted by Gasteiger charge is -2.15. The van der Waals surface area contributed by atoms with Crippen LogP contribution in [0.5, 0.6) is 0 Å². The van der Waals surface area contributed by atoms with Gasteiger partial charge in [-0.1, -0.05) is 28.9 Å². The standard InChI is InChI=1S/C16H14ClFN4O/c1-22(9-11-12(17)5-4-6-13(11)18)10-15-20-16(21-23-15)14-7-2-3-8-19-14/h2-8H,9-10H2,1H3. The van der Waals surface area contributed by atoms with Gasteiger partial charge in [-0.2, -0.15) is 4.98 Å². The molecule has 3 rings (SSSR count). The summed E-state index contributed by atoms with van der Waals surface area (Å²) < 4.78 is 19.0. The lowest BCUT2D eigenvalue weighted by atomic mass is 10.2. The Kier molecular flexibility index (Phi) is 4.64. The molecule has 0 N–H and O–H groups in total. The first-order valence-corrected chi connectivity index (χ1v) is 7.36. The van der Waals surface area contributed by atoms with E-state index in [1.165, 1.54) is 6.07 Å². The van der Waals surface area contributed by atoms with Crippen molar-refractivity contribution in [2.45, 2.75) is 13.1 Å². The van der Waals surface area contributed by atoms with Crippen LogP contribution in [-0.2, 0) is 13.1 Å². The Balaban J connectivity index is 1.69. The predicted molar refractivity (Wildman–Crippen MR) is 84.1 cm³/mol. The number of benzene rings is 1. The summed E-state index contributed by atoms with van der Waals surface area (Å²) in [5.41, 5.74) is 1.09. The van der Waals surface area contributed by atoms with Crippen LogP contribution >= 0.6 is 11.6 Å². The van der Waals surface area contributed by atoms with Crippen molar-refractivity contribution in [2.24, 2.45) is 0 Å². The highest BCUT2D eigenvalue weighted by atomic mass is 35.5. The summed E-state index contributed by atoms with van der Waals surface area (Å²) in [6, 6.07) is 10.1. The first kappa shape index (κ1) is 15.6. The van der Waals surface area contributed by atoms with Gasteiger partial charge in [0, 0.05) is 23.3 Å². The Hall–Kier alpha value is -2.31. The van der Waals surface area contributed by atoms with Crippen LogP contribution < -0.4 is 0 Å². The van der Waals surface area contributed by atoms with Gasteiger partial charge in [0.15, 0.2) is 0 Å². The maximum atomic E-state index is 13.8. The second-order valence-electron chi connectivity index (χ2n) is 5.10. The third-order valence-corrected chi connectivity index (χ3v) is 3.61. The summed E-state index contributed by atoms with van der Waals surface area (Å²) in [6.45, 7) is 0.720. The monoisotopic (exact) mass is 332 g/mol. The number of hydrogen-bond acceptors (Lipinski definition) is 5. The van der Waals surface area contributed by atoms with Crippen molar-refractivity contribution in [3.05, 3.63) is 64.9 Å². The van der Waals surface area contributed by atoms with Gasteiger partial charge in [-0.15, -0.1) is 0 Å². The molecule has 0 spiro atoms. The van der Waals surface area contributed by atoms with Crippen molar-refractivity contribution in [1.29, 1.82) is 0 Å². The fourth-order valence-corrected chi connectivity index (χ4v) is 2.38. The van der Waals surface area contributed by atoms with Gasteiger partial charge >= 0.3 is 0 Å². The quantitative estimate of drug-likeness (QED) is 0.715. The fraction of sp³-hybridized carbons (Fsp3) is 0.188. The SMILES string of the molecule is CN(Cc1nc(-c2ccccn2)no1)Cc1c(F)cccc1Cl. The van der Waals surface area contributed by atoms with Crippen LogP contribution in [0.15, 0.2) is 47.1 Å². The van der Waals surface area contributed by atoms with Gasteiger partial charge < -0.3 is 4.52 Å². The molecule has 2 heterocycles. The maximum Gasteiger partial charge on any atom is 0.241 e. The van der Waals surface area contributed by atoms with Crippen LogP contribution in [0.1, 0.15) is 11.5 Å². The molecule has 2 aromatic heterocycles. The average Bonchev–Trinajstić information content (AvgIpc) is 3.00. The third-order valence-electron chi connectivity index (χ3n) is 3.26. The van der Waals surface area contributed by atoms with Gasteiger partial charge in [-0.3, -0.25) is 9.88 Å². The average molecular weight is 333 g/mol. The zero-order valence-electron chi connectivity index (χ0n) is 12.4. The van der Waals surface area contributed by atoms with E-state index in [0.29, 0.717) is 41.1 Å². The van der Waals surface area contributed by atoms with E-state index in [1.807, 2.05) is 24.1 Å². The fourth-order valence-electron chi connectivity index (χ4n) is 2.16. The molecular weight excluding hydrogens is 319 g/mol. The van der Waals surface area contributed by atoms with E-state index in [1.54, 1.807) is 24.4 Å². The van der Waals surface area contributed by atoms with E-state index in [4.69, 9.17) is 16.1 Å². The molecular formula is C16H14ClFN4O. The normalized spacial score (nSPS) is 11.1. The minimum absolute atomic E-state index is 0.330. The highest BCUT2D eigenvalue weighted by Crippen LogP contribution is 2.21. The molecule has 5 nitrogen and oxygen atoms in total. The van der Waals surface area contributed by atoms with Crippen molar-refractivity contribution in [3.8, 4) is 11.5 Å². The summed E-state index contributed by atoms with van der Waals surface area (Å²) in [5.74, 6) is 0.530. The van der Waals surface area contributed by atoms with E-state index in [-0.39, 0.29) is 5.82 Å². The molecule has 0 unspecified atom stereocenters. The molecule has 7 heteroatoms. The predicted octanol–water partition coefficient (Wildman–Crippen LogP) is 3.56. The molecule has 0 saturated heterocycles. The van der Waals surface area contributed by atoms with Gasteiger partial charge in [-0.05, 0) is 31.3 Å². The molecule has 1 aromatic carbocycles. The molecule has 0 aliphatic heterocycles. The highest BCUT2D eigenvalue weighted by Gasteiger charge is 2.14. The Morgan fingerprint density at radius 1 is 1.17 bits per heavy atom. The van der Waals surface area contributed by atoms with Gasteiger partial charge in [0.2, 0.25) is 11.7 Å². The molecule has 0 atom stereocenters. The minimum atomic E-state index is -0.330. The van der Waals surface area contributed by atoms with Crippen LogP contribution in [0.3, 0.4) is 0 Å². The molecule has 23 heavy (non-hydrogen) atoms. The number of aromatic nitrogens is 3. The summed E-state index contributed by atoms with van der Waals surface area (Å²) in [6.07, 6.45) is 1.66. The summed E-state index contributed by atoms with van der Waals surface area (Å²) in [5, 5.41) is 4.31. The lowest BCUT2D eigenvalue weighted by molar-refractivity contribution is 0.258. The molecule has 0 amide bonds. The van der Waals surface area contributed by atoms with Crippen LogP contribution in [0, 0.1) is 5.82 Å². The topological polar surface area (TPSA) is 55.1 Å². The van der Waals surface area contributed by atoms with Crippen molar-refractivity contribution < 1.29 is 8.91 Å². The van der Waals surface area contributed by atoms with E-state index >= 15 is 0 Å². The van der Waals surface area contributed by atoms with Gasteiger partial charge in [0.05, 0.1) is 6.54 Å². The van der Waals surface area contributed by atoms with E-state index in [0.717, 1.165) is 0 Å². The molecule has 0 fully saturated rings. The lowest BCUT2D eigenvalue weighted by Crippen LogP contribution is -2.18. The zero-order valence-corrected chi connectivity index (χ0v) is 13.2. The van der Waals surface area contributed by atoms with Gasteiger partial charge in [-0.25, -0.2) is 4.39 Å². The Morgan fingerprint density at radius 3 is 2.78 bits per heavy atom. The smallest absolute Gasteiger partial charge is 0.241 e. The molecule has 0 radical (unpaired) electrons. The van der Waals surface area contributed by atoms with Crippen molar-refractivity contribution in [1.82, 2.24) is 20.0 Å². The first-order chi connectivity index (χ1) is 11.1. The second kappa shape index (κ2) is 6.85. The summed E-state index contributed by atoms with van der Waals surface area (Å²) in [4.78, 5) is 10.3. The van der Waals surface area contributed by atoms with Crippen molar-refractivity contribution in [2.75, 3.05) is 7.05 Å². The Morgan fingerprint density at radius 2 is 2.04 bits per heavy atom. The molecule has 118 valence electrons. The van der Waals surface area contributed by atoms with Gasteiger partial charge in [0.25, 0.3) is 0 Å². The first-order valence-electron chi connectivity index (χ1n) is 6.99. The Labute approximate surface area is 137 Å². The number of halogens is 2. The number of rotatable bonds is 5. The zero-order chi connectivity index (χ0) is 16.2. The molecule has 0 aliphatic carbocycles. The number of nitrogens with zero attached hydrogens (tertiary/aromatic N) is 4. The Bertz CT molecular complexity index is 774. The van der Waals surface area contributed by atoms with Crippen LogP contribution in [0.2, 0.25) is 5.02 Å². The summed E-state index contributed by atoms with van der Waals surface area (Å²) in [7, 11) is 1.83. The largest absolute Gasteiger partial charge is 0.337 e. The van der Waals surface area contributed by atoms with E-state index in [2.05, 4.69) is 15.1 Å². The second-order valence-corrected chi connectivity index (χ2v) is 5.51. The minimum Gasteiger partial charge on any atom is -0.337 e. The van der Waals surface area contributed by atoms with Gasteiger partial charge in [0.1, 0.15) is 11.5 Å². The van der Waals surface area contributed by atoms with Crippen LogP contribution in [-0.4, -0.2) is 27.1 Å². The van der Waals surface area contributed by atoms with E-state index in [9.17, 15) is 4.39 Å². The highest BCUT2D eigenvalue weighted by molar-refractivity contribution is 6.31. The number of pyridine rings is 1. The maximum absolute atomic E-state index is 13.8. The van der Waals surface area contributed by atoms with Crippen LogP contribution in [0.4, 0.5) is 4.39 Å². The van der Waals surface area contributed by atoms with Crippen molar-refractivity contribution >= 4 is 11.6 Å². The number of hydrogen-bond donors (Lipinski definition) is 0. The van der Waals surface area contributed by atoms with Crippen LogP contribution in [0.25, 0.3) is 11.5 Å². The molecule has 0 saturated carbocycles. The summed E-state index contributed by atoms with van der Waals surface area (Å²) >= 11 is 6.03. The van der Waals surface area contributed by atoms with E-state index < -0.39 is 0 Å². The van der Waals surface area contributed by atoms with Crippen molar-refractivity contribution in [3.63, 3.8) is 0 Å². The molecule has 0 aliphatic rings. The molecule has 3 aromatic rings. The third kappa shape index (κ3) is 3.72.